The number of carbonyl (C=O) groups excluding carboxylic acids is 3. The molecule has 2 aromatic rings. The van der Waals surface area contributed by atoms with Crippen molar-refractivity contribution in [3.8, 4) is 22.9 Å². The topological polar surface area (TPSA) is 126 Å². The lowest BCUT2D eigenvalue weighted by Gasteiger charge is -2.04. The van der Waals surface area contributed by atoms with Gasteiger partial charge < -0.3 is 21.1 Å². The maximum Gasteiger partial charge on any atom is 0.270 e. The summed E-state index contributed by atoms with van der Waals surface area (Å²) in [6.45, 7) is 4.69. The number of benzene rings is 1. The molecule has 32 heavy (non-hydrogen) atoms. The van der Waals surface area contributed by atoms with Crippen LogP contribution in [0.2, 0.25) is 0 Å². The zero-order chi connectivity index (χ0) is 23.8. The number of carbonyl (C=O) groups is 3. The molecule has 1 saturated heterocycles. The van der Waals surface area contributed by atoms with Crippen LogP contribution in [0.4, 0.5) is 5.00 Å². The van der Waals surface area contributed by atoms with E-state index in [0.29, 0.717) is 23.0 Å². The fourth-order valence-corrected chi connectivity index (χ4v) is 3.77. The predicted octanol–water partition coefficient (Wildman–Crippen LogP) is 2.47. The smallest absolute Gasteiger partial charge is 0.270 e. The van der Waals surface area contributed by atoms with E-state index in [1.54, 1.807) is 13.1 Å². The Kier molecular flexibility index (Phi) is 8.93. The first-order valence-electron chi connectivity index (χ1n) is 10.4. The predicted molar refractivity (Wildman–Crippen MR) is 125 cm³/mol. The van der Waals surface area contributed by atoms with E-state index in [9.17, 15) is 14.4 Å². The molecule has 170 valence electrons. The summed E-state index contributed by atoms with van der Waals surface area (Å²) in [4.78, 5) is 39.8. The number of aliphatic hydroxyl groups excluding tert-OH is 1. The number of aliphatic hydroxyl groups is 1. The molecule has 1 aliphatic carbocycles. The number of primary amides is 1. The molecule has 4 N–H and O–H groups in total. The first kappa shape index (κ1) is 25.0. The van der Waals surface area contributed by atoms with Gasteiger partial charge in [-0.15, -0.1) is 6.42 Å². The van der Waals surface area contributed by atoms with Crippen LogP contribution < -0.4 is 11.1 Å². The second-order valence-corrected chi connectivity index (χ2v) is 8.11. The Labute approximate surface area is 191 Å². The minimum atomic E-state index is -0.722. The van der Waals surface area contributed by atoms with Crippen LogP contribution in [0, 0.1) is 18.3 Å². The molecule has 2 aliphatic rings. The molecule has 2 heterocycles. The van der Waals surface area contributed by atoms with Gasteiger partial charge in [0.1, 0.15) is 16.1 Å². The molecular formula is C23H28N4O4S. The van der Waals surface area contributed by atoms with Gasteiger partial charge in [0, 0.05) is 30.6 Å². The molecular weight excluding hydrogens is 428 g/mol. The first-order chi connectivity index (χ1) is 15.3. The Hall–Kier alpha value is -3.22. The van der Waals surface area contributed by atoms with E-state index in [2.05, 4.69) is 16.2 Å². The third-order valence-corrected chi connectivity index (χ3v) is 5.74. The molecule has 0 bridgehead atoms. The van der Waals surface area contributed by atoms with Gasteiger partial charge in [-0.25, -0.2) is 4.98 Å². The number of rotatable bonds is 4. The minimum Gasteiger partial charge on any atom is -0.383 e. The molecule has 9 heteroatoms. The van der Waals surface area contributed by atoms with E-state index in [-0.39, 0.29) is 23.4 Å². The Morgan fingerprint density at radius 2 is 2.00 bits per heavy atom. The summed E-state index contributed by atoms with van der Waals surface area (Å²) < 4.78 is 0. The number of hydrogen-bond acceptors (Lipinski definition) is 6. The zero-order valence-electron chi connectivity index (χ0n) is 18.4. The average molecular weight is 457 g/mol. The molecule has 3 amide bonds. The second kappa shape index (κ2) is 11.4. The standard InChI is InChI=1S/C16H13N3O2S.C5H9NO2.C2H6/c1-2-9-4-3-5-11(8-9)15-18-12(13(17)20)16(22-15)19-14(21)10-6-7-10;1-6-3-2-4(7)5(6)8;1-2/h1,3-5,8,10H,6-7H2,(H2,17,20)(H,19,21);4,7H,2-3H2,1H3;1-2H3. The molecule has 1 saturated carbocycles. The highest BCUT2D eigenvalue weighted by Crippen LogP contribution is 2.35. The van der Waals surface area contributed by atoms with Gasteiger partial charge in [-0.1, -0.05) is 43.2 Å². The van der Waals surface area contributed by atoms with Crippen molar-refractivity contribution in [3.63, 3.8) is 0 Å². The van der Waals surface area contributed by atoms with Gasteiger partial charge in [-0.05, 0) is 31.4 Å². The number of nitrogens with zero attached hydrogens (tertiary/aromatic N) is 2. The molecule has 1 aromatic heterocycles. The second-order valence-electron chi connectivity index (χ2n) is 7.11. The third-order valence-electron chi connectivity index (χ3n) is 4.72. The summed E-state index contributed by atoms with van der Waals surface area (Å²) in [6.07, 6.45) is 7.02. The number of aromatic nitrogens is 1. The summed E-state index contributed by atoms with van der Waals surface area (Å²) in [6, 6.07) is 7.27. The van der Waals surface area contributed by atoms with Crippen LogP contribution in [0.1, 0.15) is 49.2 Å². The van der Waals surface area contributed by atoms with Gasteiger partial charge in [0.2, 0.25) is 5.91 Å². The fraction of sp³-hybridized carbons (Fsp3) is 0.391. The van der Waals surface area contributed by atoms with Gasteiger partial charge >= 0.3 is 0 Å². The van der Waals surface area contributed by atoms with Crippen LogP contribution in [-0.4, -0.2) is 52.4 Å². The van der Waals surface area contributed by atoms with Crippen LogP contribution in [-0.2, 0) is 9.59 Å². The van der Waals surface area contributed by atoms with Crippen molar-refractivity contribution in [3.05, 3.63) is 35.5 Å². The summed E-state index contributed by atoms with van der Waals surface area (Å²) >= 11 is 1.22. The van der Waals surface area contributed by atoms with Gasteiger partial charge in [0.25, 0.3) is 11.8 Å². The molecule has 0 radical (unpaired) electrons. The lowest BCUT2D eigenvalue weighted by Crippen LogP contribution is -2.24. The normalized spacial score (nSPS) is 16.8. The highest BCUT2D eigenvalue weighted by Gasteiger charge is 2.31. The molecule has 1 unspecified atom stereocenters. The first-order valence-corrected chi connectivity index (χ1v) is 11.2. The number of hydrogen-bond donors (Lipinski definition) is 3. The highest BCUT2D eigenvalue weighted by molar-refractivity contribution is 7.19. The van der Waals surface area contributed by atoms with Gasteiger partial charge in [-0.2, -0.15) is 0 Å². The summed E-state index contributed by atoms with van der Waals surface area (Å²) in [5.74, 6) is 1.69. The van der Waals surface area contributed by atoms with E-state index < -0.39 is 12.0 Å². The van der Waals surface area contributed by atoms with Crippen LogP contribution in [0.15, 0.2) is 24.3 Å². The Balaban J connectivity index is 0.000000304. The lowest BCUT2D eigenvalue weighted by molar-refractivity contribution is -0.133. The third kappa shape index (κ3) is 6.39. The van der Waals surface area contributed by atoms with Crippen molar-refractivity contribution >= 4 is 34.1 Å². The molecule has 0 spiro atoms. The van der Waals surface area contributed by atoms with E-state index in [4.69, 9.17) is 17.3 Å². The van der Waals surface area contributed by atoms with Crippen molar-refractivity contribution in [2.75, 3.05) is 18.9 Å². The molecule has 1 atom stereocenters. The number of thiazole rings is 1. The molecule has 1 aliphatic heterocycles. The number of likely N-dealkylation sites (N-methyl/N-ethyl adjacent to an activating group) is 1. The minimum absolute atomic E-state index is 0.0380. The van der Waals surface area contributed by atoms with Crippen molar-refractivity contribution in [2.24, 2.45) is 11.7 Å². The Morgan fingerprint density at radius 3 is 2.47 bits per heavy atom. The zero-order valence-corrected chi connectivity index (χ0v) is 19.2. The SMILES string of the molecule is C#Cc1cccc(-c2nc(C(N)=O)c(NC(=O)C3CC3)s2)c1.CC.CN1CCC(O)C1=O. The van der Waals surface area contributed by atoms with Gasteiger partial charge in [-0.3, -0.25) is 14.4 Å². The molecule has 8 nitrogen and oxygen atoms in total. The van der Waals surface area contributed by atoms with Crippen LogP contribution in [0.5, 0.6) is 0 Å². The van der Waals surface area contributed by atoms with Crippen molar-refractivity contribution in [1.29, 1.82) is 0 Å². The van der Waals surface area contributed by atoms with Crippen LogP contribution in [0.3, 0.4) is 0 Å². The number of nitrogens with one attached hydrogen (secondary N) is 1. The number of amides is 3. The maximum absolute atomic E-state index is 11.9. The maximum atomic E-state index is 11.9. The van der Waals surface area contributed by atoms with E-state index in [1.807, 2.05) is 32.0 Å². The fourth-order valence-electron chi connectivity index (χ4n) is 2.80. The van der Waals surface area contributed by atoms with Crippen molar-refractivity contribution < 1.29 is 19.5 Å². The van der Waals surface area contributed by atoms with Gasteiger partial charge in [0.15, 0.2) is 5.69 Å². The van der Waals surface area contributed by atoms with E-state index in [0.717, 1.165) is 24.0 Å². The number of anilines is 1. The Morgan fingerprint density at radius 1 is 1.31 bits per heavy atom. The molecule has 1 aromatic carbocycles. The summed E-state index contributed by atoms with van der Waals surface area (Å²) in [7, 11) is 1.69. The Bertz CT molecular complexity index is 1010. The van der Waals surface area contributed by atoms with E-state index >= 15 is 0 Å². The summed E-state index contributed by atoms with van der Waals surface area (Å²) in [5, 5.41) is 12.5. The highest BCUT2D eigenvalue weighted by atomic mass is 32.1. The van der Waals surface area contributed by atoms with Crippen LogP contribution in [0.25, 0.3) is 10.6 Å². The molecule has 4 rings (SSSR count). The number of likely N-dealkylation sites (tertiary alicyclic amines) is 1. The van der Waals surface area contributed by atoms with E-state index in [1.165, 1.54) is 16.2 Å². The molecule has 2 fully saturated rings. The average Bonchev–Trinajstić information content (AvgIpc) is 3.52. The monoisotopic (exact) mass is 456 g/mol. The quantitative estimate of drug-likeness (QED) is 0.610. The van der Waals surface area contributed by atoms with Crippen molar-refractivity contribution in [1.82, 2.24) is 9.88 Å². The number of terminal acetylenes is 1. The van der Waals surface area contributed by atoms with Gasteiger partial charge in [0.05, 0.1) is 0 Å². The van der Waals surface area contributed by atoms with Crippen LogP contribution >= 0.6 is 11.3 Å². The summed E-state index contributed by atoms with van der Waals surface area (Å²) in [5.41, 5.74) is 6.94. The number of nitrogens with two attached hydrogens (primary N) is 1. The lowest BCUT2D eigenvalue weighted by atomic mass is 10.1. The van der Waals surface area contributed by atoms with Crippen molar-refractivity contribution in [2.45, 2.75) is 39.2 Å². The largest absolute Gasteiger partial charge is 0.383 e.